The minimum absolute atomic E-state index is 0.203. The first-order chi connectivity index (χ1) is 8.15. The van der Waals surface area contributed by atoms with Crippen LogP contribution in [0.25, 0.3) is 0 Å². The molecule has 0 aliphatic carbocycles. The van der Waals surface area contributed by atoms with Crippen LogP contribution in [-0.4, -0.2) is 32.7 Å². The molecule has 0 aliphatic heterocycles. The SMILES string of the molecule is COc1cc(SC)c(OC)cc1NC(=O)C=O. The third-order valence-corrected chi connectivity index (χ3v) is 2.83. The van der Waals surface area contributed by atoms with Gasteiger partial charge in [0, 0.05) is 6.07 Å². The summed E-state index contributed by atoms with van der Waals surface area (Å²) in [6, 6.07) is 3.36. The Labute approximate surface area is 103 Å². The number of carbonyl (C=O) groups is 2. The van der Waals surface area contributed by atoms with Gasteiger partial charge >= 0.3 is 0 Å². The summed E-state index contributed by atoms with van der Waals surface area (Å²) in [6.45, 7) is 0. The van der Waals surface area contributed by atoms with Crippen LogP contribution in [0.1, 0.15) is 0 Å². The summed E-state index contributed by atoms with van der Waals surface area (Å²) >= 11 is 1.50. The molecule has 0 spiro atoms. The monoisotopic (exact) mass is 255 g/mol. The summed E-state index contributed by atoms with van der Waals surface area (Å²) in [6.07, 6.45) is 2.11. The Morgan fingerprint density at radius 2 is 1.94 bits per heavy atom. The van der Waals surface area contributed by atoms with E-state index in [-0.39, 0.29) is 6.29 Å². The Morgan fingerprint density at radius 1 is 1.29 bits per heavy atom. The van der Waals surface area contributed by atoms with Crippen molar-refractivity contribution >= 4 is 29.6 Å². The molecule has 17 heavy (non-hydrogen) atoms. The van der Waals surface area contributed by atoms with Crippen LogP contribution in [-0.2, 0) is 9.59 Å². The number of methoxy groups -OCH3 is 2. The molecule has 1 aromatic carbocycles. The zero-order valence-corrected chi connectivity index (χ0v) is 10.6. The molecule has 1 amide bonds. The predicted octanol–water partition coefficient (Wildman–Crippen LogP) is 1.56. The van der Waals surface area contributed by atoms with Gasteiger partial charge in [-0.1, -0.05) is 0 Å². The van der Waals surface area contributed by atoms with Gasteiger partial charge in [-0.15, -0.1) is 11.8 Å². The summed E-state index contributed by atoms with van der Waals surface area (Å²) in [5.74, 6) is 0.354. The van der Waals surface area contributed by atoms with E-state index in [4.69, 9.17) is 9.47 Å². The molecular formula is C11H13NO4S. The van der Waals surface area contributed by atoms with Gasteiger partial charge in [0.1, 0.15) is 11.5 Å². The van der Waals surface area contributed by atoms with Crippen molar-refractivity contribution in [3.63, 3.8) is 0 Å². The Bertz CT molecular complexity index is 434. The van der Waals surface area contributed by atoms with Crippen LogP contribution in [0.15, 0.2) is 17.0 Å². The molecule has 0 aliphatic rings. The lowest BCUT2D eigenvalue weighted by Crippen LogP contribution is -2.13. The molecule has 5 nitrogen and oxygen atoms in total. The summed E-state index contributed by atoms with van der Waals surface area (Å²) in [4.78, 5) is 22.2. The molecule has 92 valence electrons. The van der Waals surface area contributed by atoms with Crippen LogP contribution in [0.4, 0.5) is 5.69 Å². The van der Waals surface area contributed by atoms with Crippen LogP contribution in [0.2, 0.25) is 0 Å². The highest BCUT2D eigenvalue weighted by Crippen LogP contribution is 2.37. The van der Waals surface area contributed by atoms with Gasteiger partial charge in [0.05, 0.1) is 24.8 Å². The van der Waals surface area contributed by atoms with E-state index < -0.39 is 5.91 Å². The van der Waals surface area contributed by atoms with Gasteiger partial charge in [-0.2, -0.15) is 0 Å². The van der Waals surface area contributed by atoms with E-state index in [1.54, 1.807) is 12.1 Å². The number of benzene rings is 1. The molecule has 0 unspecified atom stereocenters. The van der Waals surface area contributed by atoms with Crippen LogP contribution in [0.3, 0.4) is 0 Å². The zero-order valence-electron chi connectivity index (χ0n) is 9.77. The third kappa shape index (κ3) is 3.13. The lowest BCUT2D eigenvalue weighted by Gasteiger charge is -2.13. The number of amides is 1. The molecule has 0 bridgehead atoms. The summed E-state index contributed by atoms with van der Waals surface area (Å²) in [5, 5.41) is 2.42. The van der Waals surface area contributed by atoms with E-state index in [1.807, 2.05) is 6.26 Å². The minimum atomic E-state index is -0.734. The van der Waals surface area contributed by atoms with Crippen molar-refractivity contribution in [1.82, 2.24) is 0 Å². The fraction of sp³-hybridized carbons (Fsp3) is 0.273. The smallest absolute Gasteiger partial charge is 0.288 e. The molecule has 0 atom stereocenters. The second-order valence-electron chi connectivity index (χ2n) is 3.01. The van der Waals surface area contributed by atoms with Gasteiger partial charge in [0.15, 0.2) is 0 Å². The van der Waals surface area contributed by atoms with Gasteiger partial charge in [0.25, 0.3) is 5.91 Å². The Morgan fingerprint density at radius 3 is 2.41 bits per heavy atom. The Kier molecular flexibility index (Phi) is 4.84. The summed E-state index contributed by atoms with van der Waals surface area (Å²) in [5.41, 5.74) is 0.402. The molecule has 0 heterocycles. The van der Waals surface area contributed by atoms with Crippen LogP contribution < -0.4 is 14.8 Å². The Balaban J connectivity index is 3.18. The van der Waals surface area contributed by atoms with E-state index in [1.165, 1.54) is 26.0 Å². The number of nitrogens with one attached hydrogen (secondary N) is 1. The molecule has 0 aromatic heterocycles. The van der Waals surface area contributed by atoms with Crippen molar-refractivity contribution in [2.45, 2.75) is 4.90 Å². The number of ether oxygens (including phenoxy) is 2. The van der Waals surface area contributed by atoms with Gasteiger partial charge in [-0.05, 0) is 12.3 Å². The quantitative estimate of drug-likeness (QED) is 0.491. The highest BCUT2D eigenvalue weighted by atomic mass is 32.2. The van der Waals surface area contributed by atoms with Crippen LogP contribution >= 0.6 is 11.8 Å². The molecule has 0 radical (unpaired) electrons. The zero-order chi connectivity index (χ0) is 12.8. The first kappa shape index (κ1) is 13.4. The fourth-order valence-electron chi connectivity index (χ4n) is 1.29. The van der Waals surface area contributed by atoms with E-state index in [2.05, 4.69) is 5.32 Å². The van der Waals surface area contributed by atoms with E-state index in [0.29, 0.717) is 17.2 Å². The second-order valence-corrected chi connectivity index (χ2v) is 3.86. The lowest BCUT2D eigenvalue weighted by molar-refractivity contribution is -0.127. The van der Waals surface area contributed by atoms with Gasteiger partial charge in [-0.25, -0.2) is 0 Å². The van der Waals surface area contributed by atoms with Crippen LogP contribution in [0, 0.1) is 0 Å². The molecule has 6 heteroatoms. The van der Waals surface area contributed by atoms with E-state index in [0.717, 1.165) is 4.90 Å². The predicted molar refractivity (Wildman–Crippen MR) is 66.0 cm³/mol. The van der Waals surface area contributed by atoms with Crippen molar-refractivity contribution in [2.75, 3.05) is 25.8 Å². The second kappa shape index (κ2) is 6.15. The maximum atomic E-state index is 11.0. The lowest BCUT2D eigenvalue weighted by atomic mass is 10.2. The molecule has 1 aromatic rings. The number of carbonyl (C=O) groups excluding carboxylic acids is 2. The molecule has 1 rings (SSSR count). The van der Waals surface area contributed by atoms with E-state index >= 15 is 0 Å². The first-order valence-electron chi connectivity index (χ1n) is 4.72. The fourth-order valence-corrected chi connectivity index (χ4v) is 1.86. The van der Waals surface area contributed by atoms with Gasteiger partial charge in [0.2, 0.25) is 6.29 Å². The highest BCUT2D eigenvalue weighted by Gasteiger charge is 2.12. The number of hydrogen-bond donors (Lipinski definition) is 1. The molecule has 0 saturated carbocycles. The van der Waals surface area contributed by atoms with Crippen molar-refractivity contribution in [1.29, 1.82) is 0 Å². The minimum Gasteiger partial charge on any atom is -0.496 e. The average molecular weight is 255 g/mol. The molecule has 0 fully saturated rings. The largest absolute Gasteiger partial charge is 0.496 e. The molecular weight excluding hydrogens is 242 g/mol. The van der Waals surface area contributed by atoms with E-state index in [9.17, 15) is 9.59 Å². The normalized spacial score (nSPS) is 9.59. The third-order valence-electron chi connectivity index (χ3n) is 2.07. The maximum absolute atomic E-state index is 11.0. The highest BCUT2D eigenvalue weighted by molar-refractivity contribution is 7.98. The molecule has 1 N–H and O–H groups in total. The van der Waals surface area contributed by atoms with Crippen LogP contribution in [0.5, 0.6) is 11.5 Å². The first-order valence-corrected chi connectivity index (χ1v) is 5.95. The number of hydrogen-bond acceptors (Lipinski definition) is 5. The maximum Gasteiger partial charge on any atom is 0.288 e. The van der Waals surface area contributed by atoms with Gasteiger partial charge in [-0.3, -0.25) is 9.59 Å². The van der Waals surface area contributed by atoms with Crippen molar-refractivity contribution in [3.8, 4) is 11.5 Å². The number of thioether (sulfide) groups is 1. The number of rotatable bonds is 5. The molecule has 0 saturated heterocycles. The average Bonchev–Trinajstić information content (AvgIpc) is 2.37. The summed E-state index contributed by atoms with van der Waals surface area (Å²) < 4.78 is 10.3. The summed E-state index contributed by atoms with van der Waals surface area (Å²) in [7, 11) is 3.02. The topological polar surface area (TPSA) is 64.6 Å². The van der Waals surface area contributed by atoms with Crippen molar-refractivity contribution in [3.05, 3.63) is 12.1 Å². The Hall–Kier alpha value is -1.69. The number of anilines is 1. The van der Waals surface area contributed by atoms with Gasteiger partial charge < -0.3 is 14.8 Å². The number of aldehydes is 1. The standard InChI is InChI=1S/C11H13NO4S/c1-15-8-5-10(17-3)9(16-2)4-7(8)12-11(14)6-13/h4-6H,1-3H3,(H,12,14). The van der Waals surface area contributed by atoms with Crippen molar-refractivity contribution in [2.24, 2.45) is 0 Å². The van der Waals surface area contributed by atoms with Crippen molar-refractivity contribution < 1.29 is 19.1 Å².